The zero-order chi connectivity index (χ0) is 17.1. The predicted molar refractivity (Wildman–Crippen MR) is 89.1 cm³/mol. The normalized spacial score (nSPS) is 11.0. The molecular weight excluding hydrogens is 308 g/mol. The number of hydrogen-bond acceptors (Lipinski definition) is 6. The van der Waals surface area contributed by atoms with Crippen molar-refractivity contribution in [2.75, 3.05) is 26.5 Å². The van der Waals surface area contributed by atoms with Gasteiger partial charge in [-0.15, -0.1) is 10.2 Å². The van der Waals surface area contributed by atoms with Crippen LogP contribution in [0.5, 0.6) is 5.75 Å². The minimum Gasteiger partial charge on any atom is -0.495 e. The van der Waals surface area contributed by atoms with E-state index in [0.29, 0.717) is 17.1 Å². The molecule has 2 heterocycles. The van der Waals surface area contributed by atoms with Crippen molar-refractivity contribution in [3.8, 4) is 5.75 Å². The number of hydrogen-bond donors (Lipinski definition) is 1. The summed E-state index contributed by atoms with van der Waals surface area (Å²) in [5, 5.41) is 10.5. The van der Waals surface area contributed by atoms with E-state index in [0.717, 1.165) is 12.1 Å². The van der Waals surface area contributed by atoms with Crippen LogP contribution >= 0.6 is 0 Å². The number of nitrogens with one attached hydrogen (secondary N) is 1. The van der Waals surface area contributed by atoms with Gasteiger partial charge in [-0.25, -0.2) is 4.98 Å². The van der Waals surface area contributed by atoms with Crippen molar-refractivity contribution in [2.24, 2.45) is 0 Å². The van der Waals surface area contributed by atoms with Gasteiger partial charge in [0.25, 0.3) is 5.91 Å². The molecule has 0 bridgehead atoms. The monoisotopic (exact) mass is 326 g/mol. The standard InChI is InChI=1S/C16H18N6O2/c1-21(2)8-11-4-5-14(24-3)12(6-11)19-16(23)13-9-22-10-18-20-15(22)7-17-13/h4-7,9-10H,8H2,1-3H3,(H,19,23). The van der Waals surface area contributed by atoms with E-state index >= 15 is 0 Å². The van der Waals surface area contributed by atoms with Gasteiger partial charge in [0, 0.05) is 12.7 Å². The third kappa shape index (κ3) is 3.33. The quantitative estimate of drug-likeness (QED) is 0.764. The van der Waals surface area contributed by atoms with Gasteiger partial charge in [0.2, 0.25) is 0 Å². The molecule has 0 aliphatic carbocycles. The van der Waals surface area contributed by atoms with Crippen LogP contribution < -0.4 is 10.1 Å². The van der Waals surface area contributed by atoms with E-state index in [4.69, 9.17) is 4.74 Å². The van der Waals surface area contributed by atoms with Gasteiger partial charge in [0.05, 0.1) is 19.0 Å². The van der Waals surface area contributed by atoms with Crippen molar-refractivity contribution in [1.29, 1.82) is 0 Å². The second-order valence-electron chi connectivity index (χ2n) is 5.60. The highest BCUT2D eigenvalue weighted by Crippen LogP contribution is 2.26. The largest absolute Gasteiger partial charge is 0.495 e. The molecule has 3 aromatic rings. The molecule has 24 heavy (non-hydrogen) atoms. The third-order valence-electron chi connectivity index (χ3n) is 3.42. The topological polar surface area (TPSA) is 84.7 Å². The molecule has 1 N–H and O–H groups in total. The van der Waals surface area contributed by atoms with E-state index < -0.39 is 0 Å². The van der Waals surface area contributed by atoms with Crippen LogP contribution in [-0.2, 0) is 6.54 Å². The Labute approximate surface area is 139 Å². The number of anilines is 1. The zero-order valence-electron chi connectivity index (χ0n) is 13.7. The first kappa shape index (κ1) is 15.9. The summed E-state index contributed by atoms with van der Waals surface area (Å²) in [6.07, 6.45) is 4.61. The lowest BCUT2D eigenvalue weighted by Crippen LogP contribution is -2.16. The fraction of sp³-hybridized carbons (Fsp3) is 0.250. The first-order valence-electron chi connectivity index (χ1n) is 7.35. The number of fused-ring (bicyclic) bond motifs is 1. The first-order valence-corrected chi connectivity index (χ1v) is 7.35. The van der Waals surface area contributed by atoms with Crippen molar-refractivity contribution in [2.45, 2.75) is 6.54 Å². The van der Waals surface area contributed by atoms with Crippen molar-refractivity contribution >= 4 is 17.2 Å². The fourth-order valence-electron chi connectivity index (χ4n) is 2.36. The highest BCUT2D eigenvalue weighted by atomic mass is 16.5. The lowest BCUT2D eigenvalue weighted by molar-refractivity contribution is 0.102. The molecule has 2 aromatic heterocycles. The maximum atomic E-state index is 12.5. The molecule has 0 fully saturated rings. The van der Waals surface area contributed by atoms with Crippen molar-refractivity contribution in [1.82, 2.24) is 24.5 Å². The van der Waals surface area contributed by atoms with E-state index in [1.165, 1.54) is 12.5 Å². The average Bonchev–Trinajstić information content (AvgIpc) is 3.02. The van der Waals surface area contributed by atoms with Gasteiger partial charge in [-0.3, -0.25) is 9.20 Å². The van der Waals surface area contributed by atoms with Crippen LogP contribution in [0.4, 0.5) is 5.69 Å². The molecule has 3 rings (SSSR count). The van der Waals surface area contributed by atoms with E-state index in [1.54, 1.807) is 17.7 Å². The molecule has 1 amide bonds. The third-order valence-corrected chi connectivity index (χ3v) is 3.42. The molecule has 0 atom stereocenters. The molecule has 1 aromatic carbocycles. The average molecular weight is 326 g/mol. The number of ether oxygens (including phenoxy) is 1. The maximum Gasteiger partial charge on any atom is 0.275 e. The van der Waals surface area contributed by atoms with Gasteiger partial charge in [-0.2, -0.15) is 0 Å². The minimum atomic E-state index is -0.328. The van der Waals surface area contributed by atoms with E-state index in [2.05, 4.69) is 25.4 Å². The summed E-state index contributed by atoms with van der Waals surface area (Å²) >= 11 is 0. The Morgan fingerprint density at radius 2 is 2.21 bits per heavy atom. The number of carbonyl (C=O) groups is 1. The number of methoxy groups -OCH3 is 1. The van der Waals surface area contributed by atoms with Gasteiger partial charge in [-0.1, -0.05) is 6.07 Å². The first-order chi connectivity index (χ1) is 11.6. The number of nitrogens with zero attached hydrogens (tertiary/aromatic N) is 5. The maximum absolute atomic E-state index is 12.5. The molecule has 8 nitrogen and oxygen atoms in total. The minimum absolute atomic E-state index is 0.266. The molecule has 0 spiro atoms. The lowest BCUT2D eigenvalue weighted by atomic mass is 10.1. The summed E-state index contributed by atoms with van der Waals surface area (Å²) in [5.74, 6) is 0.266. The SMILES string of the molecule is COc1ccc(CN(C)C)cc1NC(=O)c1cn2cnnc2cn1. The van der Waals surface area contributed by atoms with Gasteiger partial charge in [-0.05, 0) is 31.8 Å². The Balaban J connectivity index is 1.86. The lowest BCUT2D eigenvalue weighted by Gasteiger charge is -2.14. The van der Waals surface area contributed by atoms with E-state index in [1.807, 2.05) is 32.3 Å². The molecule has 0 unspecified atom stereocenters. The highest BCUT2D eigenvalue weighted by molar-refractivity contribution is 6.03. The van der Waals surface area contributed by atoms with Crippen LogP contribution in [-0.4, -0.2) is 51.6 Å². The smallest absolute Gasteiger partial charge is 0.275 e. The molecular formula is C16H18N6O2. The second-order valence-corrected chi connectivity index (χ2v) is 5.60. The number of benzene rings is 1. The van der Waals surface area contributed by atoms with Gasteiger partial charge >= 0.3 is 0 Å². The van der Waals surface area contributed by atoms with E-state index in [-0.39, 0.29) is 11.6 Å². The number of amides is 1. The molecule has 8 heteroatoms. The molecule has 0 saturated heterocycles. The summed E-state index contributed by atoms with van der Waals surface area (Å²) < 4.78 is 6.97. The van der Waals surface area contributed by atoms with Gasteiger partial charge < -0.3 is 15.0 Å². The zero-order valence-corrected chi connectivity index (χ0v) is 13.7. The molecule has 0 radical (unpaired) electrons. The van der Waals surface area contributed by atoms with Crippen LogP contribution in [0, 0.1) is 0 Å². The van der Waals surface area contributed by atoms with Crippen molar-refractivity contribution < 1.29 is 9.53 Å². The summed E-state index contributed by atoms with van der Waals surface area (Å²) in [5.41, 5.74) is 2.52. The molecule has 0 saturated carbocycles. The van der Waals surface area contributed by atoms with Crippen molar-refractivity contribution in [3.63, 3.8) is 0 Å². The fourth-order valence-corrected chi connectivity index (χ4v) is 2.36. The Bertz CT molecular complexity index is 874. The Morgan fingerprint density at radius 3 is 2.96 bits per heavy atom. The summed E-state index contributed by atoms with van der Waals surface area (Å²) in [7, 11) is 5.54. The van der Waals surface area contributed by atoms with Crippen LogP contribution in [0.1, 0.15) is 16.1 Å². The number of rotatable bonds is 5. The summed E-state index contributed by atoms with van der Waals surface area (Å²) in [6.45, 7) is 0.762. The summed E-state index contributed by atoms with van der Waals surface area (Å²) in [6, 6.07) is 5.70. The summed E-state index contributed by atoms with van der Waals surface area (Å²) in [4.78, 5) is 18.7. The molecule has 124 valence electrons. The number of aromatic nitrogens is 4. The van der Waals surface area contributed by atoms with Gasteiger partial charge in [0.15, 0.2) is 5.65 Å². The molecule has 0 aliphatic rings. The predicted octanol–water partition coefficient (Wildman–Crippen LogP) is 1.45. The second kappa shape index (κ2) is 6.63. The van der Waals surface area contributed by atoms with Crippen molar-refractivity contribution in [3.05, 3.63) is 48.2 Å². The Kier molecular flexibility index (Phi) is 4.39. The van der Waals surface area contributed by atoms with E-state index in [9.17, 15) is 4.79 Å². The van der Waals surface area contributed by atoms with Crippen LogP contribution in [0.15, 0.2) is 36.9 Å². The van der Waals surface area contributed by atoms with Crippen LogP contribution in [0.3, 0.4) is 0 Å². The highest BCUT2D eigenvalue weighted by Gasteiger charge is 2.13. The molecule has 0 aliphatic heterocycles. The van der Waals surface area contributed by atoms with Crippen LogP contribution in [0.2, 0.25) is 0 Å². The van der Waals surface area contributed by atoms with Gasteiger partial charge in [0.1, 0.15) is 17.8 Å². The van der Waals surface area contributed by atoms with Crippen LogP contribution in [0.25, 0.3) is 5.65 Å². The Morgan fingerprint density at radius 1 is 1.38 bits per heavy atom. The Hall–Kier alpha value is -3.00. The number of carbonyl (C=O) groups excluding carboxylic acids is 1.